The minimum absolute atomic E-state index is 0.0741. The molecule has 0 aliphatic carbocycles. The maximum absolute atomic E-state index is 10.5. The van der Waals surface area contributed by atoms with Gasteiger partial charge in [-0.05, 0) is 19.3 Å². The third-order valence-corrected chi connectivity index (χ3v) is 2.12. The van der Waals surface area contributed by atoms with Crippen molar-refractivity contribution in [3.8, 4) is 0 Å². The summed E-state index contributed by atoms with van der Waals surface area (Å²) in [5.74, 6) is -3.91. The van der Waals surface area contributed by atoms with Crippen molar-refractivity contribution in [1.29, 1.82) is 0 Å². The van der Waals surface area contributed by atoms with Crippen molar-refractivity contribution in [3.63, 3.8) is 0 Å². The monoisotopic (exact) mass is 188 g/mol. The van der Waals surface area contributed by atoms with E-state index in [2.05, 4.69) is 0 Å². The first-order chi connectivity index (χ1) is 6.11. The lowest BCUT2D eigenvalue weighted by atomic mass is 10.0. The highest BCUT2D eigenvalue weighted by molar-refractivity contribution is 5.92. The Balaban J connectivity index is 2.46. The third kappa shape index (κ3) is 2.69. The van der Waals surface area contributed by atoms with Crippen LogP contribution in [0.1, 0.15) is 19.3 Å². The van der Waals surface area contributed by atoms with Crippen molar-refractivity contribution in [1.82, 2.24) is 0 Å². The van der Waals surface area contributed by atoms with Crippen LogP contribution in [0.3, 0.4) is 0 Å². The summed E-state index contributed by atoms with van der Waals surface area (Å²) in [6.07, 6.45) is 1.52. The second-order valence-corrected chi connectivity index (χ2v) is 3.10. The molecule has 1 saturated heterocycles. The van der Waals surface area contributed by atoms with Crippen molar-refractivity contribution in [2.24, 2.45) is 5.92 Å². The van der Waals surface area contributed by atoms with Gasteiger partial charge in [0.25, 0.3) is 0 Å². The van der Waals surface area contributed by atoms with Crippen molar-refractivity contribution in [3.05, 3.63) is 0 Å². The summed E-state index contributed by atoms with van der Waals surface area (Å²) in [5, 5.41) is 17.1. The van der Waals surface area contributed by atoms with Crippen LogP contribution in [0.15, 0.2) is 0 Å². The zero-order valence-corrected chi connectivity index (χ0v) is 7.10. The van der Waals surface area contributed by atoms with Gasteiger partial charge in [-0.2, -0.15) is 0 Å². The molecule has 74 valence electrons. The van der Waals surface area contributed by atoms with Gasteiger partial charge in [-0.25, -0.2) is 0 Å². The van der Waals surface area contributed by atoms with Gasteiger partial charge in [0.2, 0.25) is 0 Å². The molecule has 1 atom stereocenters. The molecule has 1 rings (SSSR count). The standard InChI is InChI=1S/C8H12O5/c9-7(10)6(8(11)12)4-5-2-1-3-13-5/h5-6H,1-4H2,(H,9,10)(H,11,12). The van der Waals surface area contributed by atoms with Crippen molar-refractivity contribution in [2.75, 3.05) is 6.61 Å². The molecule has 0 spiro atoms. The van der Waals surface area contributed by atoms with Gasteiger partial charge >= 0.3 is 11.9 Å². The SMILES string of the molecule is O=C(O)C(CC1CCCO1)C(=O)O. The predicted molar refractivity (Wildman–Crippen MR) is 42.4 cm³/mol. The summed E-state index contributed by atoms with van der Waals surface area (Å²) >= 11 is 0. The summed E-state index contributed by atoms with van der Waals surface area (Å²) in [6.45, 7) is 0.608. The number of aliphatic carboxylic acids is 2. The molecule has 5 heteroatoms. The van der Waals surface area contributed by atoms with E-state index in [0.29, 0.717) is 6.61 Å². The van der Waals surface area contributed by atoms with Crippen LogP contribution in [0.25, 0.3) is 0 Å². The molecule has 1 unspecified atom stereocenters. The maximum atomic E-state index is 10.5. The molecule has 2 N–H and O–H groups in total. The maximum Gasteiger partial charge on any atom is 0.317 e. The summed E-state index contributed by atoms with van der Waals surface area (Å²) in [6, 6.07) is 0. The molecule has 1 aliphatic rings. The first-order valence-electron chi connectivity index (χ1n) is 4.18. The fraction of sp³-hybridized carbons (Fsp3) is 0.750. The van der Waals surface area contributed by atoms with Gasteiger partial charge in [0.05, 0.1) is 6.10 Å². The van der Waals surface area contributed by atoms with E-state index in [-0.39, 0.29) is 12.5 Å². The first kappa shape index (κ1) is 9.98. The highest BCUT2D eigenvalue weighted by Crippen LogP contribution is 2.20. The number of carboxylic acids is 2. The van der Waals surface area contributed by atoms with E-state index in [0.717, 1.165) is 12.8 Å². The number of hydrogen-bond acceptors (Lipinski definition) is 3. The topological polar surface area (TPSA) is 83.8 Å². The molecule has 1 aliphatic heterocycles. The lowest BCUT2D eigenvalue weighted by molar-refractivity contribution is -0.156. The Morgan fingerprint density at radius 1 is 1.38 bits per heavy atom. The van der Waals surface area contributed by atoms with Crippen molar-refractivity contribution >= 4 is 11.9 Å². The van der Waals surface area contributed by atoms with Crippen LogP contribution in [0.5, 0.6) is 0 Å². The van der Waals surface area contributed by atoms with Crippen LogP contribution < -0.4 is 0 Å². The van der Waals surface area contributed by atoms with Gasteiger partial charge in [-0.15, -0.1) is 0 Å². The Hall–Kier alpha value is -1.10. The van der Waals surface area contributed by atoms with E-state index in [4.69, 9.17) is 14.9 Å². The lowest BCUT2D eigenvalue weighted by Crippen LogP contribution is -2.27. The van der Waals surface area contributed by atoms with Crippen LogP contribution in [0.4, 0.5) is 0 Å². The number of hydrogen-bond donors (Lipinski definition) is 2. The Morgan fingerprint density at radius 3 is 2.38 bits per heavy atom. The predicted octanol–water partition coefficient (Wildman–Crippen LogP) is 0.341. The molecule has 0 radical (unpaired) electrons. The molecule has 1 fully saturated rings. The van der Waals surface area contributed by atoms with Crippen LogP contribution in [0, 0.1) is 5.92 Å². The minimum atomic E-state index is -1.33. The van der Waals surface area contributed by atoms with Gasteiger partial charge in [0.15, 0.2) is 5.92 Å². The van der Waals surface area contributed by atoms with Gasteiger partial charge in [0, 0.05) is 6.61 Å². The van der Waals surface area contributed by atoms with E-state index < -0.39 is 17.9 Å². The van der Waals surface area contributed by atoms with Gasteiger partial charge in [-0.3, -0.25) is 9.59 Å². The lowest BCUT2D eigenvalue weighted by Gasteiger charge is -2.12. The summed E-state index contributed by atoms with van der Waals surface area (Å²) in [7, 11) is 0. The molecule has 13 heavy (non-hydrogen) atoms. The molecule has 5 nitrogen and oxygen atoms in total. The molecular weight excluding hydrogens is 176 g/mol. The molecule has 1 heterocycles. The van der Waals surface area contributed by atoms with Gasteiger partial charge in [-0.1, -0.05) is 0 Å². The molecule has 0 aromatic rings. The zero-order chi connectivity index (χ0) is 9.84. The Bertz CT molecular complexity index is 193. The first-order valence-corrected chi connectivity index (χ1v) is 4.18. The van der Waals surface area contributed by atoms with Crippen LogP contribution >= 0.6 is 0 Å². The van der Waals surface area contributed by atoms with Crippen molar-refractivity contribution < 1.29 is 24.5 Å². The van der Waals surface area contributed by atoms with E-state index in [1.807, 2.05) is 0 Å². The average Bonchev–Trinajstić information content (AvgIpc) is 2.50. The summed E-state index contributed by atoms with van der Waals surface area (Å²) < 4.78 is 5.16. The van der Waals surface area contributed by atoms with E-state index in [1.165, 1.54) is 0 Å². The molecule has 0 amide bonds. The highest BCUT2D eigenvalue weighted by Gasteiger charge is 2.30. The second kappa shape index (κ2) is 4.23. The van der Waals surface area contributed by atoms with E-state index in [9.17, 15) is 9.59 Å². The van der Waals surface area contributed by atoms with Gasteiger partial charge in [0.1, 0.15) is 0 Å². The van der Waals surface area contributed by atoms with E-state index in [1.54, 1.807) is 0 Å². The number of rotatable bonds is 4. The van der Waals surface area contributed by atoms with E-state index >= 15 is 0 Å². The number of carboxylic acid groups (broad SMARTS) is 2. The van der Waals surface area contributed by atoms with Gasteiger partial charge < -0.3 is 14.9 Å². The Labute approximate surface area is 75.3 Å². The van der Waals surface area contributed by atoms with Crippen LogP contribution in [-0.2, 0) is 14.3 Å². The number of ether oxygens (including phenoxy) is 1. The Morgan fingerprint density at radius 2 is 2.00 bits per heavy atom. The molecule has 0 bridgehead atoms. The normalized spacial score (nSPS) is 22.1. The fourth-order valence-electron chi connectivity index (χ4n) is 1.40. The Kier molecular flexibility index (Phi) is 3.25. The fourth-order valence-corrected chi connectivity index (χ4v) is 1.40. The third-order valence-electron chi connectivity index (χ3n) is 2.12. The van der Waals surface area contributed by atoms with Crippen molar-refractivity contribution in [2.45, 2.75) is 25.4 Å². The summed E-state index contributed by atoms with van der Waals surface area (Å²) in [4.78, 5) is 21.0. The highest BCUT2D eigenvalue weighted by atomic mass is 16.5. The van der Waals surface area contributed by atoms with Crippen LogP contribution in [-0.4, -0.2) is 34.9 Å². The zero-order valence-electron chi connectivity index (χ0n) is 7.10. The molecular formula is C8H12O5. The quantitative estimate of drug-likeness (QED) is 0.621. The largest absolute Gasteiger partial charge is 0.481 e. The van der Waals surface area contributed by atoms with Crippen LogP contribution in [0.2, 0.25) is 0 Å². The summed E-state index contributed by atoms with van der Waals surface area (Å²) in [5.41, 5.74) is 0. The smallest absolute Gasteiger partial charge is 0.317 e. The minimum Gasteiger partial charge on any atom is -0.481 e. The number of carbonyl (C=O) groups is 2. The molecule has 0 aromatic carbocycles. The second-order valence-electron chi connectivity index (χ2n) is 3.10. The molecule has 0 saturated carbocycles. The average molecular weight is 188 g/mol. The molecule has 0 aromatic heterocycles.